The number of hydrogen-bond donors (Lipinski definition) is 2. The topological polar surface area (TPSA) is 68.8 Å². The Morgan fingerprint density at radius 2 is 1.55 bits per heavy atom. The molecule has 0 aliphatic carbocycles. The number of hydrogen-bond acceptors (Lipinski definition) is 4. The van der Waals surface area contributed by atoms with E-state index in [0.717, 1.165) is 11.0 Å². The zero-order valence-electron chi connectivity index (χ0n) is 9.96. The van der Waals surface area contributed by atoms with Crippen LogP contribution in [0.2, 0.25) is 0 Å². The molecule has 2 aromatic rings. The SMILES string of the molecule is Cn1ncnc1C(NN)c1c(F)c(F)c(F)c(F)c1F. The summed E-state index contributed by atoms with van der Waals surface area (Å²) in [6.07, 6.45) is 1.05. The maximum absolute atomic E-state index is 13.7. The molecule has 1 heterocycles. The quantitative estimate of drug-likeness (QED) is 0.292. The first-order valence-corrected chi connectivity index (χ1v) is 5.21. The van der Waals surface area contributed by atoms with E-state index in [4.69, 9.17) is 5.84 Å². The fraction of sp³-hybridized carbons (Fsp3) is 0.200. The molecule has 3 N–H and O–H groups in total. The molecule has 5 nitrogen and oxygen atoms in total. The highest BCUT2D eigenvalue weighted by Gasteiger charge is 2.32. The molecule has 0 saturated carbocycles. The largest absolute Gasteiger partial charge is 0.270 e. The maximum Gasteiger partial charge on any atom is 0.200 e. The molecule has 1 unspecified atom stereocenters. The fourth-order valence-electron chi connectivity index (χ4n) is 1.73. The van der Waals surface area contributed by atoms with Crippen LogP contribution in [0.25, 0.3) is 0 Å². The van der Waals surface area contributed by atoms with Crippen LogP contribution in [-0.2, 0) is 7.05 Å². The molecule has 0 amide bonds. The molecule has 108 valence electrons. The van der Waals surface area contributed by atoms with Crippen LogP contribution >= 0.6 is 0 Å². The van der Waals surface area contributed by atoms with Crippen LogP contribution in [0.4, 0.5) is 22.0 Å². The van der Waals surface area contributed by atoms with Crippen molar-refractivity contribution in [3.8, 4) is 0 Å². The minimum atomic E-state index is -2.24. The van der Waals surface area contributed by atoms with Crippen LogP contribution in [0.3, 0.4) is 0 Å². The number of halogens is 5. The first-order valence-electron chi connectivity index (χ1n) is 5.21. The van der Waals surface area contributed by atoms with Crippen LogP contribution in [0, 0.1) is 29.1 Å². The number of benzene rings is 1. The van der Waals surface area contributed by atoms with Gasteiger partial charge >= 0.3 is 0 Å². The molecule has 1 atom stereocenters. The molecule has 2 rings (SSSR count). The van der Waals surface area contributed by atoms with Crippen molar-refractivity contribution in [3.63, 3.8) is 0 Å². The van der Waals surface area contributed by atoms with Gasteiger partial charge in [-0.25, -0.2) is 32.4 Å². The van der Waals surface area contributed by atoms with E-state index in [1.807, 2.05) is 5.43 Å². The molecule has 0 radical (unpaired) electrons. The number of nitrogens with one attached hydrogen (secondary N) is 1. The summed E-state index contributed by atoms with van der Waals surface area (Å²) in [5.41, 5.74) is 0.833. The molecule has 1 aromatic heterocycles. The predicted octanol–water partition coefficient (Wildman–Crippen LogP) is 1.06. The Balaban J connectivity index is 2.71. The summed E-state index contributed by atoms with van der Waals surface area (Å²) < 4.78 is 67.8. The second kappa shape index (κ2) is 5.13. The summed E-state index contributed by atoms with van der Waals surface area (Å²) in [6, 6.07) is -1.55. The molecule has 0 bridgehead atoms. The van der Waals surface area contributed by atoms with E-state index in [9.17, 15) is 22.0 Å². The third-order valence-electron chi connectivity index (χ3n) is 2.70. The maximum atomic E-state index is 13.7. The first-order chi connectivity index (χ1) is 9.40. The van der Waals surface area contributed by atoms with E-state index in [2.05, 4.69) is 10.1 Å². The Hall–Kier alpha value is -2.07. The van der Waals surface area contributed by atoms with E-state index < -0.39 is 40.7 Å². The molecular formula is C10H8F5N5. The number of aryl methyl sites for hydroxylation is 1. The van der Waals surface area contributed by atoms with Crippen molar-refractivity contribution in [2.75, 3.05) is 0 Å². The number of nitrogens with two attached hydrogens (primary N) is 1. The Morgan fingerprint density at radius 1 is 1.05 bits per heavy atom. The van der Waals surface area contributed by atoms with Gasteiger partial charge < -0.3 is 0 Å². The van der Waals surface area contributed by atoms with Gasteiger partial charge in [0.05, 0.1) is 5.56 Å². The summed E-state index contributed by atoms with van der Waals surface area (Å²) in [5, 5.41) is 3.64. The normalized spacial score (nSPS) is 12.8. The standard InChI is InChI=1S/C10H8F5N5/c1-20-10(17-2-18-20)9(19-16)3-4(11)6(13)8(15)7(14)5(3)12/h2,9,19H,16H2,1H3. The first kappa shape index (κ1) is 14.3. The van der Waals surface area contributed by atoms with Crippen molar-refractivity contribution in [2.45, 2.75) is 6.04 Å². The van der Waals surface area contributed by atoms with Crippen LogP contribution in [0.15, 0.2) is 6.33 Å². The van der Waals surface area contributed by atoms with Crippen molar-refractivity contribution in [3.05, 3.63) is 46.8 Å². The summed E-state index contributed by atoms with van der Waals surface area (Å²) in [5.74, 6) is -5.28. The number of hydrazine groups is 1. The van der Waals surface area contributed by atoms with Gasteiger partial charge in [0.2, 0.25) is 5.82 Å². The zero-order chi connectivity index (χ0) is 15.0. The Morgan fingerprint density at radius 3 is 1.95 bits per heavy atom. The second-order valence-corrected chi connectivity index (χ2v) is 3.83. The van der Waals surface area contributed by atoms with Crippen molar-refractivity contribution in [1.29, 1.82) is 0 Å². The molecule has 1 aromatic carbocycles. The van der Waals surface area contributed by atoms with E-state index in [1.54, 1.807) is 0 Å². The minimum Gasteiger partial charge on any atom is -0.270 e. The van der Waals surface area contributed by atoms with Crippen molar-refractivity contribution < 1.29 is 22.0 Å². The number of rotatable bonds is 3. The second-order valence-electron chi connectivity index (χ2n) is 3.83. The van der Waals surface area contributed by atoms with Gasteiger partial charge in [-0.3, -0.25) is 10.5 Å². The zero-order valence-corrected chi connectivity index (χ0v) is 9.96. The van der Waals surface area contributed by atoms with E-state index in [-0.39, 0.29) is 5.82 Å². The monoisotopic (exact) mass is 293 g/mol. The molecule has 0 spiro atoms. The average Bonchev–Trinajstić information content (AvgIpc) is 2.85. The molecule has 10 heteroatoms. The number of nitrogens with zero attached hydrogens (tertiary/aromatic N) is 3. The number of aromatic nitrogens is 3. The van der Waals surface area contributed by atoms with E-state index in [0.29, 0.717) is 0 Å². The van der Waals surface area contributed by atoms with Crippen LogP contribution in [0.5, 0.6) is 0 Å². The van der Waals surface area contributed by atoms with Gasteiger partial charge in [0.1, 0.15) is 18.2 Å². The van der Waals surface area contributed by atoms with Gasteiger partial charge in [-0.2, -0.15) is 5.10 Å². The van der Waals surface area contributed by atoms with Gasteiger partial charge in [0.15, 0.2) is 23.3 Å². The van der Waals surface area contributed by atoms with Crippen molar-refractivity contribution >= 4 is 0 Å². The van der Waals surface area contributed by atoms with Crippen molar-refractivity contribution in [1.82, 2.24) is 20.2 Å². The Kier molecular flexibility index (Phi) is 3.68. The highest BCUT2D eigenvalue weighted by Crippen LogP contribution is 2.30. The minimum absolute atomic E-state index is 0.115. The van der Waals surface area contributed by atoms with Gasteiger partial charge in [-0.15, -0.1) is 0 Å². The molecular weight excluding hydrogens is 285 g/mol. The molecule has 0 saturated heterocycles. The van der Waals surface area contributed by atoms with Gasteiger partial charge in [-0.05, 0) is 0 Å². The van der Waals surface area contributed by atoms with Crippen LogP contribution < -0.4 is 11.3 Å². The predicted molar refractivity (Wildman–Crippen MR) is 56.4 cm³/mol. The lowest BCUT2D eigenvalue weighted by molar-refractivity contribution is 0.359. The molecule has 0 aliphatic rings. The lowest BCUT2D eigenvalue weighted by atomic mass is 10.0. The molecule has 20 heavy (non-hydrogen) atoms. The van der Waals surface area contributed by atoms with E-state index in [1.165, 1.54) is 7.05 Å². The lowest BCUT2D eigenvalue weighted by Crippen LogP contribution is -2.33. The summed E-state index contributed by atoms with van der Waals surface area (Å²) in [4.78, 5) is 3.66. The highest BCUT2D eigenvalue weighted by molar-refractivity contribution is 5.30. The van der Waals surface area contributed by atoms with Crippen LogP contribution in [-0.4, -0.2) is 14.8 Å². The third kappa shape index (κ3) is 2.02. The van der Waals surface area contributed by atoms with Crippen molar-refractivity contribution in [2.24, 2.45) is 12.9 Å². The summed E-state index contributed by atoms with van der Waals surface area (Å²) >= 11 is 0. The Bertz CT molecular complexity index is 627. The average molecular weight is 293 g/mol. The van der Waals surface area contributed by atoms with Crippen LogP contribution in [0.1, 0.15) is 17.4 Å². The third-order valence-corrected chi connectivity index (χ3v) is 2.70. The molecule has 0 aliphatic heterocycles. The molecule has 0 fully saturated rings. The summed E-state index contributed by atoms with van der Waals surface area (Å²) in [6.45, 7) is 0. The highest BCUT2D eigenvalue weighted by atomic mass is 19.2. The van der Waals surface area contributed by atoms with Gasteiger partial charge in [0.25, 0.3) is 0 Å². The van der Waals surface area contributed by atoms with Gasteiger partial charge in [0, 0.05) is 7.05 Å². The van der Waals surface area contributed by atoms with Gasteiger partial charge in [-0.1, -0.05) is 0 Å². The Labute approximate surface area is 109 Å². The van der Waals surface area contributed by atoms with E-state index >= 15 is 0 Å². The lowest BCUT2D eigenvalue weighted by Gasteiger charge is -2.17. The summed E-state index contributed by atoms with van der Waals surface area (Å²) in [7, 11) is 1.37. The fourth-order valence-corrected chi connectivity index (χ4v) is 1.73. The smallest absolute Gasteiger partial charge is 0.200 e.